The summed E-state index contributed by atoms with van der Waals surface area (Å²) in [7, 11) is 0. The molecule has 0 saturated heterocycles. The smallest absolute Gasteiger partial charge is 0.252 e. The van der Waals surface area contributed by atoms with E-state index >= 15 is 0 Å². The van der Waals surface area contributed by atoms with Crippen LogP contribution >= 0.6 is 0 Å². The summed E-state index contributed by atoms with van der Waals surface area (Å²) in [6.45, 7) is 0. The zero-order chi connectivity index (χ0) is 11.4. The van der Waals surface area contributed by atoms with Crippen molar-refractivity contribution in [2.75, 3.05) is 11.5 Å². The zero-order valence-corrected chi connectivity index (χ0v) is 8.72. The van der Waals surface area contributed by atoms with Gasteiger partial charge >= 0.3 is 0 Å². The van der Waals surface area contributed by atoms with Gasteiger partial charge in [-0.3, -0.25) is 0 Å². The Kier molecular flexibility index (Phi) is 2.82. The summed E-state index contributed by atoms with van der Waals surface area (Å²) in [5.74, 6) is 0. The van der Waals surface area contributed by atoms with Crippen molar-refractivity contribution in [3.05, 3.63) is 48.5 Å². The maximum absolute atomic E-state index is 5.78. The average Bonchev–Trinajstić information content (AvgIpc) is 2.29. The molecule has 80 valence electrons. The maximum atomic E-state index is 5.78. The van der Waals surface area contributed by atoms with Gasteiger partial charge in [0.05, 0.1) is 0 Å². The van der Waals surface area contributed by atoms with Crippen molar-refractivity contribution in [1.82, 2.24) is 0 Å². The summed E-state index contributed by atoms with van der Waals surface area (Å²) in [4.78, 5) is 0. The first-order valence-corrected chi connectivity index (χ1v) is 4.92. The van der Waals surface area contributed by atoms with E-state index < -0.39 is 0 Å². The predicted molar refractivity (Wildman–Crippen MR) is 64.4 cm³/mol. The van der Waals surface area contributed by atoms with Gasteiger partial charge < -0.3 is 11.5 Å². The van der Waals surface area contributed by atoms with Crippen LogP contribution in [0.3, 0.4) is 0 Å². The van der Waals surface area contributed by atoms with Gasteiger partial charge in [-0.25, -0.2) is 0 Å². The lowest BCUT2D eigenvalue weighted by Gasteiger charge is -1.94. The van der Waals surface area contributed by atoms with Crippen LogP contribution in [0.15, 0.2) is 53.6 Å². The number of para-hydroxylation sites is 1. The molecule has 2 rings (SSSR count). The van der Waals surface area contributed by atoms with Gasteiger partial charge in [0.2, 0.25) is 0 Å². The number of nitrogen functional groups attached to an aromatic ring is 2. The summed E-state index contributed by atoms with van der Waals surface area (Å²) < 4.78 is 0. The van der Waals surface area contributed by atoms with E-state index in [1.54, 1.807) is 18.2 Å². The van der Waals surface area contributed by atoms with Crippen molar-refractivity contribution in [2.24, 2.45) is 5.11 Å². The number of hydrogen-bond acceptors (Lipinski definition) is 3. The van der Waals surface area contributed by atoms with Crippen LogP contribution in [0.25, 0.3) is 0 Å². The summed E-state index contributed by atoms with van der Waals surface area (Å²) in [6.07, 6.45) is 0. The molecule has 0 aromatic heterocycles. The zero-order valence-electron chi connectivity index (χ0n) is 8.72. The molecular weight excluding hydrogens is 200 g/mol. The molecule has 0 saturated carbocycles. The number of anilines is 2. The molecule has 0 aliphatic heterocycles. The van der Waals surface area contributed by atoms with Crippen molar-refractivity contribution >= 4 is 22.7 Å². The Balaban J connectivity index is 2.24. The number of nitrogens with one attached hydrogen (secondary N) is 1. The minimum Gasteiger partial charge on any atom is -0.399 e. The van der Waals surface area contributed by atoms with Crippen LogP contribution in [0.5, 0.6) is 0 Å². The lowest BCUT2D eigenvalue weighted by atomic mass is 10.2. The Bertz CT molecular complexity index is 506. The summed E-state index contributed by atoms with van der Waals surface area (Å²) in [6, 6.07) is 14.9. The number of nitrogens with two attached hydrogens (primary N) is 2. The topological polar surface area (TPSA) is 78.4 Å². The van der Waals surface area contributed by atoms with Gasteiger partial charge in [0.15, 0.2) is 0 Å². The lowest BCUT2D eigenvalue weighted by Crippen LogP contribution is -2.57. The number of nitrogens with zero attached hydrogens (tertiary/aromatic N) is 1. The normalized spacial score (nSPS) is 10.8. The second-order valence-corrected chi connectivity index (χ2v) is 3.41. The molecule has 0 spiro atoms. The fourth-order valence-corrected chi connectivity index (χ4v) is 1.31. The van der Waals surface area contributed by atoms with Crippen molar-refractivity contribution in [3.8, 4) is 0 Å². The molecule has 0 aliphatic carbocycles. The van der Waals surface area contributed by atoms with Crippen LogP contribution in [-0.2, 0) is 0 Å². The van der Waals surface area contributed by atoms with Gasteiger partial charge in [0.25, 0.3) is 5.69 Å². The van der Waals surface area contributed by atoms with Crippen molar-refractivity contribution in [1.29, 1.82) is 0 Å². The molecule has 0 heterocycles. The van der Waals surface area contributed by atoms with Crippen LogP contribution in [0.1, 0.15) is 0 Å². The minimum absolute atomic E-state index is 0.583. The Labute approximate surface area is 93.6 Å². The van der Waals surface area contributed by atoms with Crippen LogP contribution in [0.2, 0.25) is 0 Å². The molecule has 4 nitrogen and oxygen atoms in total. The SMILES string of the molecule is Nc1ccc([NH+]=Nc2ccccc2)c(N)c1. The van der Waals surface area contributed by atoms with E-state index in [4.69, 9.17) is 11.5 Å². The van der Waals surface area contributed by atoms with E-state index in [-0.39, 0.29) is 0 Å². The van der Waals surface area contributed by atoms with E-state index in [1.807, 2.05) is 30.3 Å². The van der Waals surface area contributed by atoms with E-state index in [2.05, 4.69) is 10.2 Å². The standard InChI is InChI=1S/C12H12N4/c13-9-6-7-12(11(14)8-9)16-15-10-4-2-1-3-5-10/h1-8H,13-14H2/p+1. The second-order valence-electron chi connectivity index (χ2n) is 3.41. The highest BCUT2D eigenvalue weighted by atomic mass is 15.1. The van der Waals surface area contributed by atoms with Crippen LogP contribution in [0, 0.1) is 0 Å². The van der Waals surface area contributed by atoms with Crippen molar-refractivity contribution in [3.63, 3.8) is 0 Å². The first-order valence-electron chi connectivity index (χ1n) is 4.92. The van der Waals surface area contributed by atoms with Crippen LogP contribution < -0.4 is 16.6 Å². The van der Waals surface area contributed by atoms with Crippen LogP contribution in [0.4, 0.5) is 22.7 Å². The molecule has 0 radical (unpaired) electrons. The minimum atomic E-state index is 0.583. The first-order chi connectivity index (χ1) is 7.75. The highest BCUT2D eigenvalue weighted by Gasteiger charge is 2.03. The van der Waals surface area contributed by atoms with Gasteiger partial charge in [-0.2, -0.15) is 0 Å². The highest BCUT2D eigenvalue weighted by Crippen LogP contribution is 2.16. The monoisotopic (exact) mass is 213 g/mol. The summed E-state index contributed by atoms with van der Waals surface area (Å²) in [5, 5.41) is 7.10. The number of hydrogen-bond donors (Lipinski definition) is 3. The molecule has 0 atom stereocenters. The Morgan fingerprint density at radius 1 is 0.938 bits per heavy atom. The molecule has 0 unspecified atom stereocenters. The largest absolute Gasteiger partial charge is 0.399 e. The number of benzene rings is 2. The molecule has 2 aromatic rings. The third-order valence-electron chi connectivity index (χ3n) is 2.14. The van der Waals surface area contributed by atoms with E-state index in [1.165, 1.54) is 0 Å². The van der Waals surface area contributed by atoms with Crippen molar-refractivity contribution in [2.45, 2.75) is 0 Å². The molecule has 0 fully saturated rings. The molecule has 5 N–H and O–H groups in total. The second kappa shape index (κ2) is 4.44. The van der Waals surface area contributed by atoms with E-state index in [9.17, 15) is 0 Å². The highest BCUT2D eigenvalue weighted by molar-refractivity contribution is 5.63. The third kappa shape index (κ3) is 2.36. The van der Waals surface area contributed by atoms with Crippen molar-refractivity contribution < 1.29 is 5.11 Å². The lowest BCUT2D eigenvalue weighted by molar-refractivity contribution is -0.432. The fraction of sp³-hybridized carbons (Fsp3) is 0. The molecule has 0 aliphatic rings. The van der Waals surface area contributed by atoms with Gasteiger partial charge in [-0.05, 0) is 29.4 Å². The maximum Gasteiger partial charge on any atom is 0.252 e. The quantitative estimate of drug-likeness (QED) is 0.520. The molecule has 16 heavy (non-hydrogen) atoms. The Morgan fingerprint density at radius 2 is 1.69 bits per heavy atom. The first kappa shape index (κ1) is 10.2. The van der Waals surface area contributed by atoms with Gasteiger partial charge in [-0.15, -0.1) is 0 Å². The molecule has 4 heteroatoms. The average molecular weight is 213 g/mol. The molecule has 0 amide bonds. The fourth-order valence-electron chi connectivity index (χ4n) is 1.31. The predicted octanol–water partition coefficient (Wildman–Crippen LogP) is 1.35. The van der Waals surface area contributed by atoms with Gasteiger partial charge in [0.1, 0.15) is 11.4 Å². The summed E-state index contributed by atoms with van der Waals surface area (Å²) in [5.41, 5.74) is 14.2. The summed E-state index contributed by atoms with van der Waals surface area (Å²) >= 11 is 0. The Hall–Kier alpha value is -2.36. The molecule has 2 aromatic carbocycles. The number of rotatable bonds is 2. The third-order valence-corrected chi connectivity index (χ3v) is 2.14. The van der Waals surface area contributed by atoms with Crippen LogP contribution in [-0.4, -0.2) is 0 Å². The Morgan fingerprint density at radius 3 is 2.38 bits per heavy atom. The molecule has 0 bridgehead atoms. The number of azo groups is 1. The van der Waals surface area contributed by atoms with Gasteiger partial charge in [0, 0.05) is 11.8 Å². The van der Waals surface area contributed by atoms with E-state index in [0.717, 1.165) is 11.4 Å². The van der Waals surface area contributed by atoms with E-state index in [0.29, 0.717) is 11.4 Å². The molecular formula is C12H13N4+. The van der Waals surface area contributed by atoms with Gasteiger partial charge in [-0.1, -0.05) is 23.3 Å².